The van der Waals surface area contributed by atoms with Gasteiger partial charge in [-0.25, -0.2) is 8.42 Å². The van der Waals surface area contributed by atoms with Crippen molar-refractivity contribution in [3.05, 3.63) is 36.4 Å². The molecule has 0 aliphatic heterocycles. The van der Waals surface area contributed by atoms with Gasteiger partial charge in [-0.15, -0.1) is 0 Å². The minimum atomic E-state index is -4.65. The number of alkyl halides is 2. The molecule has 1 aromatic rings. The quantitative estimate of drug-likeness (QED) is 0.850. The molecule has 1 aliphatic rings. The predicted molar refractivity (Wildman–Crippen MR) is 74.7 cm³/mol. The fourth-order valence-electron chi connectivity index (χ4n) is 2.17. The summed E-state index contributed by atoms with van der Waals surface area (Å²) in [6, 6.07) is 4.91. The van der Waals surface area contributed by atoms with E-state index in [4.69, 9.17) is 0 Å². The maximum atomic E-state index is 12.5. The van der Waals surface area contributed by atoms with E-state index in [-0.39, 0.29) is 17.5 Å². The maximum Gasteiger partial charge on any atom is 0.341 e. The number of hydrogen-bond donors (Lipinski definition) is 1. The molecule has 7 heteroatoms. The summed E-state index contributed by atoms with van der Waals surface area (Å²) in [5, 5.41) is 2.54. The van der Waals surface area contributed by atoms with Crippen LogP contribution in [0.3, 0.4) is 0 Å². The van der Waals surface area contributed by atoms with E-state index in [1.54, 1.807) is 0 Å². The van der Waals surface area contributed by atoms with Crippen molar-refractivity contribution in [2.45, 2.75) is 29.9 Å². The van der Waals surface area contributed by atoms with Crippen molar-refractivity contribution < 1.29 is 22.0 Å². The average molecular weight is 315 g/mol. The highest BCUT2D eigenvalue weighted by Crippen LogP contribution is 2.23. The highest BCUT2D eigenvalue weighted by atomic mass is 32.2. The Bertz CT molecular complexity index is 656. The van der Waals surface area contributed by atoms with Crippen LogP contribution < -0.4 is 5.32 Å². The Morgan fingerprint density at radius 1 is 1.38 bits per heavy atom. The molecule has 0 bridgehead atoms. The second-order valence-corrected chi connectivity index (χ2v) is 6.77. The van der Waals surface area contributed by atoms with E-state index in [9.17, 15) is 22.0 Å². The van der Waals surface area contributed by atoms with Crippen molar-refractivity contribution in [1.29, 1.82) is 0 Å². The Morgan fingerprint density at radius 2 is 2.14 bits per heavy atom. The summed E-state index contributed by atoms with van der Waals surface area (Å²) in [5.74, 6) is -3.57. The van der Waals surface area contributed by atoms with Crippen LogP contribution in [-0.4, -0.2) is 20.1 Å². The number of halogens is 2. The standard InChI is InChI=1S/C14H15F2NO3S/c15-14(16)21(19,20)12-7-3-6-11(9-12)17-13(18)8-10-4-1-2-5-10/h1,3-4,6-7,9-10,14H,2,5,8H2,(H,17,18)/t10-/m0/s1. The van der Waals surface area contributed by atoms with Crippen LogP contribution in [0.25, 0.3) is 0 Å². The van der Waals surface area contributed by atoms with Crippen LogP contribution in [0.15, 0.2) is 41.3 Å². The fourth-order valence-corrected chi connectivity index (χ4v) is 2.93. The first-order valence-corrected chi connectivity index (χ1v) is 8.03. The normalized spacial score (nSPS) is 18.1. The molecule has 114 valence electrons. The number of anilines is 1. The summed E-state index contributed by atoms with van der Waals surface area (Å²) >= 11 is 0. The van der Waals surface area contributed by atoms with Gasteiger partial charge in [-0.3, -0.25) is 4.79 Å². The summed E-state index contributed by atoms with van der Waals surface area (Å²) < 4.78 is 47.7. The highest BCUT2D eigenvalue weighted by Gasteiger charge is 2.26. The molecule has 1 atom stereocenters. The molecule has 21 heavy (non-hydrogen) atoms. The van der Waals surface area contributed by atoms with Gasteiger partial charge in [0.05, 0.1) is 4.90 Å². The number of sulfone groups is 1. The first-order chi connectivity index (χ1) is 9.89. The molecule has 0 radical (unpaired) electrons. The molecular formula is C14H15F2NO3S. The van der Waals surface area contributed by atoms with Crippen molar-refractivity contribution in [2.75, 3.05) is 5.32 Å². The molecule has 1 N–H and O–H groups in total. The van der Waals surface area contributed by atoms with Crippen LogP contribution in [0.2, 0.25) is 0 Å². The van der Waals surface area contributed by atoms with E-state index in [1.165, 1.54) is 12.1 Å². The van der Waals surface area contributed by atoms with Gasteiger partial charge in [0, 0.05) is 12.1 Å². The molecule has 0 heterocycles. The minimum absolute atomic E-state index is 0.179. The summed E-state index contributed by atoms with van der Waals surface area (Å²) in [5.41, 5.74) is 0.198. The smallest absolute Gasteiger partial charge is 0.326 e. The van der Waals surface area contributed by atoms with Gasteiger partial charge < -0.3 is 5.32 Å². The third-order valence-electron chi connectivity index (χ3n) is 3.24. The third-order valence-corrected chi connectivity index (χ3v) is 4.62. The van der Waals surface area contributed by atoms with Crippen LogP contribution in [-0.2, 0) is 14.6 Å². The van der Waals surface area contributed by atoms with Crippen molar-refractivity contribution in [3.63, 3.8) is 0 Å². The molecule has 0 aromatic heterocycles. The molecule has 0 unspecified atom stereocenters. The van der Waals surface area contributed by atoms with Crippen molar-refractivity contribution in [2.24, 2.45) is 5.92 Å². The van der Waals surface area contributed by atoms with E-state index >= 15 is 0 Å². The van der Waals surface area contributed by atoms with Gasteiger partial charge in [0.25, 0.3) is 0 Å². The van der Waals surface area contributed by atoms with Crippen molar-refractivity contribution >= 4 is 21.4 Å². The van der Waals surface area contributed by atoms with Crippen LogP contribution in [0.1, 0.15) is 19.3 Å². The maximum absolute atomic E-state index is 12.5. The second-order valence-electron chi connectivity index (χ2n) is 4.85. The molecule has 4 nitrogen and oxygen atoms in total. The largest absolute Gasteiger partial charge is 0.341 e. The van der Waals surface area contributed by atoms with Crippen LogP contribution >= 0.6 is 0 Å². The molecule has 1 amide bonds. The summed E-state index contributed by atoms with van der Waals surface area (Å²) in [6.07, 6.45) is 6.13. The van der Waals surface area contributed by atoms with Gasteiger partial charge in [0.2, 0.25) is 15.7 Å². The first kappa shape index (κ1) is 15.6. The van der Waals surface area contributed by atoms with Crippen LogP contribution in [0.4, 0.5) is 14.5 Å². The minimum Gasteiger partial charge on any atom is -0.326 e. The zero-order valence-electron chi connectivity index (χ0n) is 11.1. The van der Waals surface area contributed by atoms with Crippen molar-refractivity contribution in [3.8, 4) is 0 Å². The Kier molecular flexibility index (Phi) is 4.72. The third kappa shape index (κ3) is 3.87. The number of carbonyl (C=O) groups is 1. The number of allylic oxidation sites excluding steroid dienone is 2. The summed E-state index contributed by atoms with van der Waals surface area (Å²) in [7, 11) is -4.65. The SMILES string of the molecule is O=C(C[C@H]1C=CCC1)Nc1cccc(S(=O)(=O)C(F)F)c1. The van der Waals surface area contributed by atoms with Gasteiger partial charge in [0.1, 0.15) is 0 Å². The number of benzene rings is 1. The van der Waals surface area contributed by atoms with E-state index in [2.05, 4.69) is 5.32 Å². The van der Waals surface area contributed by atoms with Gasteiger partial charge in [-0.1, -0.05) is 18.2 Å². The Labute approximate surface area is 121 Å². The van der Waals surface area contributed by atoms with Crippen LogP contribution in [0.5, 0.6) is 0 Å². The lowest BCUT2D eigenvalue weighted by Crippen LogP contribution is -2.16. The zero-order valence-corrected chi connectivity index (χ0v) is 11.9. The molecule has 0 fully saturated rings. The molecule has 0 saturated carbocycles. The molecule has 0 spiro atoms. The fraction of sp³-hybridized carbons (Fsp3) is 0.357. The summed E-state index contributed by atoms with van der Waals surface area (Å²) in [4.78, 5) is 11.3. The van der Waals surface area contributed by atoms with Gasteiger partial charge >= 0.3 is 5.76 Å². The number of carbonyl (C=O) groups excluding carboxylic acids is 1. The Balaban J connectivity index is 2.07. The Morgan fingerprint density at radius 3 is 2.76 bits per heavy atom. The second kappa shape index (κ2) is 6.34. The number of rotatable bonds is 5. The van der Waals surface area contributed by atoms with E-state index in [0.717, 1.165) is 25.0 Å². The molecular weight excluding hydrogens is 300 g/mol. The van der Waals surface area contributed by atoms with E-state index in [1.807, 2.05) is 12.2 Å². The van der Waals surface area contributed by atoms with Gasteiger partial charge in [-0.2, -0.15) is 8.78 Å². The monoisotopic (exact) mass is 315 g/mol. The highest BCUT2D eigenvalue weighted by molar-refractivity contribution is 7.91. The topological polar surface area (TPSA) is 63.2 Å². The zero-order chi connectivity index (χ0) is 15.5. The molecule has 1 aromatic carbocycles. The number of nitrogens with one attached hydrogen (secondary N) is 1. The van der Waals surface area contributed by atoms with Crippen LogP contribution in [0, 0.1) is 5.92 Å². The molecule has 2 rings (SSSR count). The average Bonchev–Trinajstić information content (AvgIpc) is 2.91. The molecule has 1 aliphatic carbocycles. The van der Waals surface area contributed by atoms with Gasteiger partial charge in [0.15, 0.2) is 0 Å². The lowest BCUT2D eigenvalue weighted by atomic mass is 10.1. The lowest BCUT2D eigenvalue weighted by Gasteiger charge is -2.10. The summed E-state index contributed by atoms with van der Waals surface area (Å²) in [6.45, 7) is 0. The van der Waals surface area contributed by atoms with Gasteiger partial charge in [-0.05, 0) is 37.0 Å². The van der Waals surface area contributed by atoms with E-state index in [0.29, 0.717) is 6.42 Å². The number of amides is 1. The predicted octanol–water partition coefficient (Wildman–Crippen LogP) is 2.98. The number of hydrogen-bond acceptors (Lipinski definition) is 3. The Hall–Kier alpha value is -1.76. The van der Waals surface area contributed by atoms with E-state index < -0.39 is 20.5 Å². The lowest BCUT2D eigenvalue weighted by molar-refractivity contribution is -0.116. The molecule has 0 saturated heterocycles. The first-order valence-electron chi connectivity index (χ1n) is 6.48. The van der Waals surface area contributed by atoms with Crippen molar-refractivity contribution in [1.82, 2.24) is 0 Å².